The molecule has 0 heterocycles. The van der Waals surface area contributed by atoms with Crippen LogP contribution in [0.1, 0.15) is 28.4 Å². The summed E-state index contributed by atoms with van der Waals surface area (Å²) in [6.07, 6.45) is 0. The number of nitrogens with one attached hydrogen (secondary N) is 1. The number of hydrogen-bond donors (Lipinski definition) is 2. The molecule has 0 radical (unpaired) electrons. The molecule has 0 bridgehead atoms. The average Bonchev–Trinajstić information content (AvgIpc) is 2.72. The molecule has 0 fully saturated rings. The van der Waals surface area contributed by atoms with E-state index in [9.17, 15) is 9.90 Å². The Morgan fingerprint density at radius 1 is 1.04 bits per heavy atom. The maximum Gasteiger partial charge on any atom is 0.271 e. The number of phenolic OH excluding ortho intramolecular Hbond substituents is 1. The first-order valence-electron chi connectivity index (χ1n) is 8.63. The summed E-state index contributed by atoms with van der Waals surface area (Å²) in [5.74, 6) is 0.572. The van der Waals surface area contributed by atoms with E-state index in [1.54, 1.807) is 43.3 Å². The fourth-order valence-electron chi connectivity index (χ4n) is 2.49. The molecule has 3 aromatic carbocycles. The van der Waals surface area contributed by atoms with Gasteiger partial charge in [-0.15, -0.1) is 0 Å². The van der Waals surface area contributed by atoms with E-state index in [1.807, 2.05) is 36.4 Å². The van der Waals surface area contributed by atoms with Crippen molar-refractivity contribution in [3.63, 3.8) is 0 Å². The number of hydrazone groups is 1. The Hall–Kier alpha value is -3.12. The number of nitrogens with zero attached hydrogens (tertiary/aromatic N) is 1. The highest BCUT2D eigenvalue weighted by atomic mass is 79.9. The zero-order chi connectivity index (χ0) is 19.9. The monoisotopic (exact) mass is 438 g/mol. The van der Waals surface area contributed by atoms with Gasteiger partial charge in [0.1, 0.15) is 18.1 Å². The Morgan fingerprint density at radius 2 is 1.71 bits per heavy atom. The molecule has 0 saturated carbocycles. The maximum absolute atomic E-state index is 12.3. The number of benzene rings is 3. The van der Waals surface area contributed by atoms with Crippen molar-refractivity contribution < 1.29 is 14.6 Å². The number of amides is 1. The SMILES string of the molecule is C/C(=N\NC(=O)c1ccc(COc2ccc(Br)cc2)cc1)c1ccccc1O. The molecule has 0 spiro atoms. The molecule has 0 atom stereocenters. The number of carbonyl (C=O) groups is 1. The summed E-state index contributed by atoms with van der Waals surface area (Å²) in [6.45, 7) is 2.13. The molecule has 28 heavy (non-hydrogen) atoms. The van der Waals surface area contributed by atoms with Crippen molar-refractivity contribution in [2.45, 2.75) is 13.5 Å². The van der Waals surface area contributed by atoms with Crippen LogP contribution < -0.4 is 10.2 Å². The largest absolute Gasteiger partial charge is 0.507 e. The number of ether oxygens (including phenoxy) is 1. The van der Waals surface area contributed by atoms with Crippen LogP contribution in [-0.2, 0) is 6.61 Å². The van der Waals surface area contributed by atoms with Crippen molar-refractivity contribution in [1.29, 1.82) is 0 Å². The van der Waals surface area contributed by atoms with Crippen LogP contribution in [-0.4, -0.2) is 16.7 Å². The second-order valence-corrected chi connectivity index (χ2v) is 7.01. The highest BCUT2D eigenvalue weighted by Crippen LogP contribution is 2.18. The zero-order valence-corrected chi connectivity index (χ0v) is 16.8. The third-order valence-corrected chi connectivity index (χ3v) is 4.58. The lowest BCUT2D eigenvalue weighted by Crippen LogP contribution is -2.19. The Bertz CT molecular complexity index is 983. The molecule has 0 aliphatic heterocycles. The van der Waals surface area contributed by atoms with Gasteiger partial charge >= 0.3 is 0 Å². The predicted molar refractivity (Wildman–Crippen MR) is 113 cm³/mol. The number of halogens is 1. The van der Waals surface area contributed by atoms with E-state index in [2.05, 4.69) is 26.5 Å². The molecule has 3 aromatic rings. The number of rotatable bonds is 6. The normalized spacial score (nSPS) is 11.1. The van der Waals surface area contributed by atoms with Gasteiger partial charge < -0.3 is 9.84 Å². The van der Waals surface area contributed by atoms with Crippen LogP contribution in [0.4, 0.5) is 0 Å². The van der Waals surface area contributed by atoms with Crippen molar-refractivity contribution in [2.24, 2.45) is 5.10 Å². The summed E-state index contributed by atoms with van der Waals surface area (Å²) in [7, 11) is 0. The molecule has 0 unspecified atom stereocenters. The van der Waals surface area contributed by atoms with Crippen LogP contribution in [0.2, 0.25) is 0 Å². The third-order valence-electron chi connectivity index (χ3n) is 4.05. The summed E-state index contributed by atoms with van der Waals surface area (Å²) in [5, 5.41) is 13.9. The molecule has 0 aromatic heterocycles. The van der Waals surface area contributed by atoms with E-state index in [0.717, 1.165) is 15.8 Å². The van der Waals surface area contributed by atoms with Crippen LogP contribution in [0.5, 0.6) is 11.5 Å². The zero-order valence-electron chi connectivity index (χ0n) is 15.2. The molecule has 3 rings (SSSR count). The van der Waals surface area contributed by atoms with Crippen LogP contribution in [0.25, 0.3) is 0 Å². The first-order valence-corrected chi connectivity index (χ1v) is 9.42. The molecule has 6 heteroatoms. The van der Waals surface area contributed by atoms with E-state index in [1.165, 1.54) is 0 Å². The summed E-state index contributed by atoms with van der Waals surface area (Å²) in [6, 6.07) is 21.6. The first kappa shape index (κ1) is 19.6. The van der Waals surface area contributed by atoms with Gasteiger partial charge in [-0.05, 0) is 61.0 Å². The summed E-state index contributed by atoms with van der Waals surface area (Å²) < 4.78 is 6.72. The minimum Gasteiger partial charge on any atom is -0.507 e. The maximum atomic E-state index is 12.3. The molecule has 142 valence electrons. The summed E-state index contributed by atoms with van der Waals surface area (Å²) in [4.78, 5) is 12.3. The van der Waals surface area contributed by atoms with Gasteiger partial charge in [0.2, 0.25) is 0 Å². The molecular formula is C22H19BrN2O3. The van der Waals surface area contributed by atoms with Crippen LogP contribution in [0.3, 0.4) is 0 Å². The standard InChI is InChI=1S/C22H19BrN2O3/c1-15(20-4-2-3-5-21(20)26)24-25-22(27)17-8-6-16(7-9-17)14-28-19-12-10-18(23)11-13-19/h2-13,26H,14H2,1H3,(H,25,27)/b24-15+. The summed E-state index contributed by atoms with van der Waals surface area (Å²) in [5.41, 5.74) is 5.04. The summed E-state index contributed by atoms with van der Waals surface area (Å²) >= 11 is 3.39. The van der Waals surface area contributed by atoms with Gasteiger partial charge in [-0.2, -0.15) is 5.10 Å². The quantitative estimate of drug-likeness (QED) is 0.425. The van der Waals surface area contributed by atoms with E-state index in [0.29, 0.717) is 23.4 Å². The van der Waals surface area contributed by atoms with Crippen LogP contribution in [0, 0.1) is 0 Å². The van der Waals surface area contributed by atoms with E-state index in [-0.39, 0.29) is 11.7 Å². The Balaban J connectivity index is 1.58. The minimum atomic E-state index is -0.324. The lowest BCUT2D eigenvalue weighted by molar-refractivity contribution is 0.0954. The van der Waals surface area contributed by atoms with Crippen molar-refractivity contribution in [3.8, 4) is 11.5 Å². The molecule has 0 aliphatic carbocycles. The van der Waals surface area contributed by atoms with Gasteiger partial charge in [0.15, 0.2) is 0 Å². The predicted octanol–water partition coefficient (Wildman–Crippen LogP) is 4.89. The van der Waals surface area contributed by atoms with Crippen molar-refractivity contribution in [3.05, 3.63) is 94.0 Å². The van der Waals surface area contributed by atoms with Crippen molar-refractivity contribution >= 4 is 27.5 Å². The Kier molecular flexibility index (Phi) is 6.45. The average molecular weight is 439 g/mol. The number of hydrogen-bond acceptors (Lipinski definition) is 4. The number of aromatic hydroxyl groups is 1. The third kappa shape index (κ3) is 5.20. The van der Waals surface area contributed by atoms with Crippen molar-refractivity contribution in [2.75, 3.05) is 0 Å². The lowest BCUT2D eigenvalue weighted by atomic mass is 10.1. The van der Waals surface area contributed by atoms with Gasteiger partial charge in [-0.1, -0.05) is 40.2 Å². The van der Waals surface area contributed by atoms with Gasteiger partial charge in [-0.25, -0.2) is 5.43 Å². The number of para-hydroxylation sites is 1. The van der Waals surface area contributed by atoms with Gasteiger partial charge in [-0.3, -0.25) is 4.79 Å². The van der Waals surface area contributed by atoms with Crippen LogP contribution in [0.15, 0.2) is 82.4 Å². The van der Waals surface area contributed by atoms with E-state index >= 15 is 0 Å². The molecule has 0 aliphatic rings. The molecule has 0 saturated heterocycles. The molecule has 2 N–H and O–H groups in total. The fourth-order valence-corrected chi connectivity index (χ4v) is 2.75. The molecular weight excluding hydrogens is 420 g/mol. The Morgan fingerprint density at radius 3 is 2.39 bits per heavy atom. The second-order valence-electron chi connectivity index (χ2n) is 6.09. The van der Waals surface area contributed by atoms with Gasteiger partial charge in [0.25, 0.3) is 5.91 Å². The smallest absolute Gasteiger partial charge is 0.271 e. The minimum absolute atomic E-state index is 0.119. The number of carbonyl (C=O) groups excluding carboxylic acids is 1. The van der Waals surface area contributed by atoms with E-state index in [4.69, 9.17) is 4.74 Å². The Labute approximate surface area is 171 Å². The highest BCUT2D eigenvalue weighted by molar-refractivity contribution is 9.10. The molecule has 1 amide bonds. The lowest BCUT2D eigenvalue weighted by Gasteiger charge is -2.07. The number of phenols is 1. The van der Waals surface area contributed by atoms with E-state index < -0.39 is 0 Å². The fraction of sp³-hybridized carbons (Fsp3) is 0.0909. The van der Waals surface area contributed by atoms with Gasteiger partial charge in [0, 0.05) is 15.6 Å². The van der Waals surface area contributed by atoms with Crippen molar-refractivity contribution in [1.82, 2.24) is 5.43 Å². The topological polar surface area (TPSA) is 70.9 Å². The van der Waals surface area contributed by atoms with Crippen LogP contribution >= 0.6 is 15.9 Å². The second kappa shape index (κ2) is 9.19. The first-order chi connectivity index (χ1) is 13.5. The van der Waals surface area contributed by atoms with Gasteiger partial charge in [0.05, 0.1) is 5.71 Å². The molecule has 5 nitrogen and oxygen atoms in total. The highest BCUT2D eigenvalue weighted by Gasteiger charge is 2.07.